The lowest BCUT2D eigenvalue weighted by molar-refractivity contribution is -0.119. The first-order valence-electron chi connectivity index (χ1n) is 7.98. The number of thioether (sulfide) groups is 2. The molecule has 6 heteroatoms. The second kappa shape index (κ2) is 8.45. The molecule has 0 atom stereocenters. The molecule has 0 radical (unpaired) electrons. The first-order valence-corrected chi connectivity index (χ1v) is 10.1. The average molecular weight is 373 g/mol. The molecule has 0 saturated carbocycles. The van der Waals surface area contributed by atoms with Gasteiger partial charge < -0.3 is 10.1 Å². The van der Waals surface area contributed by atoms with E-state index in [0.29, 0.717) is 15.8 Å². The molecule has 0 bridgehead atoms. The molecule has 0 spiro atoms. The zero-order valence-electron chi connectivity index (χ0n) is 13.9. The van der Waals surface area contributed by atoms with Gasteiger partial charge in [0.15, 0.2) is 6.61 Å². The van der Waals surface area contributed by atoms with E-state index in [1.807, 2.05) is 60.8 Å². The van der Waals surface area contributed by atoms with Crippen LogP contribution >= 0.6 is 23.5 Å². The number of amides is 1. The van der Waals surface area contributed by atoms with Crippen molar-refractivity contribution >= 4 is 41.1 Å². The minimum absolute atomic E-state index is 0.303. The van der Waals surface area contributed by atoms with Crippen molar-refractivity contribution in [3.8, 4) is 0 Å². The molecule has 2 aromatic rings. The topological polar surface area (TPSA) is 55.4 Å². The van der Waals surface area contributed by atoms with Gasteiger partial charge in [0.1, 0.15) is 0 Å². The Morgan fingerprint density at radius 3 is 2.52 bits per heavy atom. The van der Waals surface area contributed by atoms with Gasteiger partial charge in [-0.25, -0.2) is 4.79 Å². The smallest absolute Gasteiger partial charge is 0.338 e. The normalized spacial score (nSPS) is 14.3. The molecule has 0 aromatic heterocycles. The number of hydrogen-bond acceptors (Lipinski definition) is 5. The highest BCUT2D eigenvalue weighted by Gasteiger charge is 2.18. The largest absolute Gasteiger partial charge is 0.452 e. The molecule has 2 aromatic carbocycles. The molecule has 1 N–H and O–H groups in total. The van der Waals surface area contributed by atoms with Crippen molar-refractivity contribution < 1.29 is 14.3 Å². The van der Waals surface area contributed by atoms with Crippen molar-refractivity contribution in [2.45, 2.75) is 11.5 Å². The van der Waals surface area contributed by atoms with Crippen LogP contribution < -0.4 is 5.32 Å². The van der Waals surface area contributed by atoms with Crippen LogP contribution in [0.5, 0.6) is 0 Å². The minimum atomic E-state index is -0.488. The van der Waals surface area contributed by atoms with E-state index < -0.39 is 5.97 Å². The van der Waals surface area contributed by atoms with Crippen LogP contribution in [0.25, 0.3) is 0 Å². The summed E-state index contributed by atoms with van der Waals surface area (Å²) in [5.41, 5.74) is 3.41. The third-order valence-electron chi connectivity index (χ3n) is 3.68. The predicted octanol–water partition coefficient (Wildman–Crippen LogP) is 4.27. The summed E-state index contributed by atoms with van der Waals surface area (Å²) in [7, 11) is 0. The molecular formula is C19H19NO3S2. The summed E-state index contributed by atoms with van der Waals surface area (Å²) in [6.45, 7) is 1.64. The molecule has 1 aliphatic rings. The molecule has 4 nitrogen and oxygen atoms in total. The Morgan fingerprint density at radius 2 is 1.84 bits per heavy atom. The van der Waals surface area contributed by atoms with Crippen LogP contribution in [0.3, 0.4) is 0 Å². The van der Waals surface area contributed by atoms with Crippen LogP contribution in [0.2, 0.25) is 0 Å². The fraction of sp³-hybridized carbons (Fsp3) is 0.263. The van der Waals surface area contributed by atoms with Gasteiger partial charge in [-0.2, -0.15) is 0 Å². The van der Waals surface area contributed by atoms with Crippen molar-refractivity contribution in [3.63, 3.8) is 0 Å². The van der Waals surface area contributed by atoms with Crippen LogP contribution in [0.1, 0.15) is 26.1 Å². The van der Waals surface area contributed by atoms with Crippen LogP contribution in [-0.4, -0.2) is 30.0 Å². The van der Waals surface area contributed by atoms with E-state index >= 15 is 0 Å². The summed E-state index contributed by atoms with van der Waals surface area (Å²) in [4.78, 5) is 24.0. The van der Waals surface area contributed by atoms with Crippen LogP contribution in [0.15, 0.2) is 48.5 Å². The molecule has 1 saturated heterocycles. The predicted molar refractivity (Wildman–Crippen MR) is 104 cm³/mol. The highest BCUT2D eigenvalue weighted by molar-refractivity contribution is 8.19. The van der Waals surface area contributed by atoms with E-state index in [9.17, 15) is 9.59 Å². The minimum Gasteiger partial charge on any atom is -0.452 e. The standard InChI is InChI=1S/C19H19NO3S2/c1-13-3-2-4-16(11-13)20-17(21)12-23-18(22)14-5-7-15(8-6-14)19-24-9-10-25-19/h2-8,11,19H,9-10,12H2,1H3,(H,20,21). The number of rotatable bonds is 5. The SMILES string of the molecule is Cc1cccc(NC(=O)COC(=O)c2ccc(C3SCCS3)cc2)c1. The van der Waals surface area contributed by atoms with E-state index in [0.717, 1.165) is 17.1 Å². The Morgan fingerprint density at radius 1 is 1.12 bits per heavy atom. The third-order valence-corrected chi connectivity index (χ3v) is 6.78. The van der Waals surface area contributed by atoms with Crippen molar-refractivity contribution in [2.75, 3.05) is 23.4 Å². The zero-order chi connectivity index (χ0) is 17.6. The van der Waals surface area contributed by atoms with Crippen molar-refractivity contribution in [3.05, 3.63) is 65.2 Å². The average Bonchev–Trinajstić information content (AvgIpc) is 3.14. The molecule has 0 unspecified atom stereocenters. The number of carbonyl (C=O) groups is 2. The lowest BCUT2D eigenvalue weighted by Gasteiger charge is -2.10. The van der Waals surface area contributed by atoms with Gasteiger partial charge in [-0.15, -0.1) is 23.5 Å². The van der Waals surface area contributed by atoms with Crippen LogP contribution in [0.4, 0.5) is 5.69 Å². The van der Waals surface area contributed by atoms with Gasteiger partial charge in [0.05, 0.1) is 10.1 Å². The molecule has 130 valence electrons. The number of ether oxygens (including phenoxy) is 1. The van der Waals surface area contributed by atoms with Gasteiger partial charge in [-0.1, -0.05) is 24.3 Å². The fourth-order valence-electron chi connectivity index (χ4n) is 2.46. The Kier molecular flexibility index (Phi) is 6.04. The molecule has 1 aliphatic heterocycles. The fourth-order valence-corrected chi connectivity index (χ4v) is 5.32. The first kappa shape index (κ1) is 17.9. The monoisotopic (exact) mass is 373 g/mol. The molecular weight excluding hydrogens is 354 g/mol. The summed E-state index contributed by atoms with van der Waals surface area (Å²) >= 11 is 3.84. The van der Waals surface area contributed by atoms with E-state index in [1.165, 1.54) is 5.56 Å². The number of anilines is 1. The van der Waals surface area contributed by atoms with Crippen molar-refractivity contribution in [1.29, 1.82) is 0 Å². The van der Waals surface area contributed by atoms with Gasteiger partial charge in [0.25, 0.3) is 5.91 Å². The van der Waals surface area contributed by atoms with Gasteiger partial charge >= 0.3 is 5.97 Å². The van der Waals surface area contributed by atoms with E-state index in [2.05, 4.69) is 5.32 Å². The maximum atomic E-state index is 12.1. The summed E-state index contributed by atoms with van der Waals surface area (Å²) in [6.07, 6.45) is 0. The number of aryl methyl sites for hydroxylation is 1. The maximum Gasteiger partial charge on any atom is 0.338 e. The molecule has 1 fully saturated rings. The highest BCUT2D eigenvalue weighted by atomic mass is 32.2. The van der Waals surface area contributed by atoms with Gasteiger partial charge in [-0.05, 0) is 42.3 Å². The number of benzene rings is 2. The number of esters is 1. The summed E-state index contributed by atoms with van der Waals surface area (Å²) < 4.78 is 5.55. The van der Waals surface area contributed by atoms with Crippen LogP contribution in [-0.2, 0) is 9.53 Å². The van der Waals surface area contributed by atoms with E-state index in [1.54, 1.807) is 18.2 Å². The van der Waals surface area contributed by atoms with Gasteiger partial charge in [-0.3, -0.25) is 4.79 Å². The number of carbonyl (C=O) groups excluding carboxylic acids is 2. The Bertz CT molecular complexity index is 756. The van der Waals surface area contributed by atoms with E-state index in [4.69, 9.17) is 4.74 Å². The summed E-state index contributed by atoms with van der Waals surface area (Å²) in [5.74, 6) is 1.48. The van der Waals surface area contributed by atoms with Crippen LogP contribution in [0, 0.1) is 6.92 Å². The zero-order valence-corrected chi connectivity index (χ0v) is 15.5. The Labute approximate surface area is 155 Å². The molecule has 25 heavy (non-hydrogen) atoms. The Hall–Kier alpha value is -1.92. The highest BCUT2D eigenvalue weighted by Crippen LogP contribution is 2.45. The second-order valence-corrected chi connectivity index (χ2v) is 8.41. The second-order valence-electron chi connectivity index (χ2n) is 5.69. The number of nitrogens with one attached hydrogen (secondary N) is 1. The van der Waals surface area contributed by atoms with Crippen molar-refractivity contribution in [2.24, 2.45) is 0 Å². The van der Waals surface area contributed by atoms with Gasteiger partial charge in [0.2, 0.25) is 0 Å². The summed E-state index contributed by atoms with van der Waals surface area (Å²) in [5, 5.41) is 2.71. The van der Waals surface area contributed by atoms with E-state index in [-0.39, 0.29) is 12.5 Å². The molecule has 3 rings (SSSR count). The third kappa shape index (κ3) is 5.03. The van der Waals surface area contributed by atoms with Gasteiger partial charge in [0, 0.05) is 17.2 Å². The molecule has 0 aliphatic carbocycles. The number of hydrogen-bond donors (Lipinski definition) is 1. The van der Waals surface area contributed by atoms with Crippen molar-refractivity contribution in [1.82, 2.24) is 0 Å². The molecule has 1 heterocycles. The first-order chi connectivity index (χ1) is 12.1. The quantitative estimate of drug-likeness (QED) is 0.793. The lowest BCUT2D eigenvalue weighted by atomic mass is 10.1. The lowest BCUT2D eigenvalue weighted by Crippen LogP contribution is -2.20. The maximum absolute atomic E-state index is 12.1. The summed E-state index contributed by atoms with van der Waals surface area (Å²) in [6, 6.07) is 14.9. The Balaban J connectivity index is 1.50. The molecule has 1 amide bonds.